The highest BCUT2D eigenvalue weighted by molar-refractivity contribution is 6.01. The van der Waals surface area contributed by atoms with Crippen LogP contribution in [0.5, 0.6) is 0 Å². The number of allylic oxidation sites excluding steroid dienone is 4. The molecule has 1 spiro atoms. The summed E-state index contributed by atoms with van der Waals surface area (Å²) in [6.07, 6.45) is 8.84. The molecule has 2 aliphatic heterocycles. The molecule has 2 saturated heterocycles. The van der Waals surface area contributed by atoms with Crippen molar-refractivity contribution >= 4 is 11.7 Å². The number of nitrogens with one attached hydrogen (secondary N) is 1. The smallest absolute Gasteiger partial charge is 0.261 e. The van der Waals surface area contributed by atoms with Crippen molar-refractivity contribution in [2.24, 2.45) is 0 Å². The maximum atomic E-state index is 12.4. The lowest BCUT2D eigenvalue weighted by Crippen LogP contribution is -2.50. The van der Waals surface area contributed by atoms with E-state index in [-0.39, 0.29) is 24.2 Å². The van der Waals surface area contributed by atoms with Crippen LogP contribution < -0.4 is 5.32 Å². The van der Waals surface area contributed by atoms with E-state index in [2.05, 4.69) is 18.5 Å². The monoisotopic (exact) mass is 287 g/mol. The lowest BCUT2D eigenvalue weighted by molar-refractivity contribution is -0.161. The highest BCUT2D eigenvalue weighted by Gasteiger charge is 2.54. The van der Waals surface area contributed by atoms with Crippen LogP contribution >= 0.6 is 0 Å². The third kappa shape index (κ3) is 2.90. The molecule has 0 aromatic carbocycles. The third-order valence-electron chi connectivity index (χ3n) is 3.84. The number of amides is 1. The van der Waals surface area contributed by atoms with Gasteiger partial charge >= 0.3 is 0 Å². The topological polar surface area (TPSA) is 55.4 Å². The van der Waals surface area contributed by atoms with E-state index in [4.69, 9.17) is 4.74 Å². The molecule has 0 radical (unpaired) electrons. The molecule has 0 bridgehead atoms. The Kier molecular flexibility index (Phi) is 4.58. The van der Waals surface area contributed by atoms with Crippen molar-refractivity contribution in [3.05, 3.63) is 48.7 Å². The van der Waals surface area contributed by atoms with E-state index in [0.717, 1.165) is 6.42 Å². The molecule has 1 amide bonds. The standard InChI is InChI=1S/C17H21NO3/c1-4-6-8-14-10-13(19)11-17(21-14)12(3)15(9-7-5-2)18-16(17)20/h4-5,7,9,14H,1,3,6,8,10-11H2,2H3,(H,18,20). The van der Waals surface area contributed by atoms with Crippen LogP contribution in [0, 0.1) is 0 Å². The van der Waals surface area contributed by atoms with Gasteiger partial charge in [-0.1, -0.05) is 24.8 Å². The minimum absolute atomic E-state index is 0.0406. The molecule has 0 aromatic rings. The molecule has 0 saturated carbocycles. The van der Waals surface area contributed by atoms with Gasteiger partial charge in [-0.15, -0.1) is 6.58 Å². The van der Waals surface area contributed by atoms with Crippen molar-refractivity contribution in [2.45, 2.75) is 44.3 Å². The van der Waals surface area contributed by atoms with Crippen molar-refractivity contribution in [1.82, 2.24) is 5.32 Å². The van der Waals surface area contributed by atoms with E-state index in [0.29, 0.717) is 24.1 Å². The molecule has 112 valence electrons. The normalized spacial score (nSPS) is 31.4. The summed E-state index contributed by atoms with van der Waals surface area (Å²) < 4.78 is 6.00. The predicted octanol–water partition coefficient (Wildman–Crippen LogP) is 2.59. The highest BCUT2D eigenvalue weighted by Crippen LogP contribution is 2.40. The molecule has 2 heterocycles. The van der Waals surface area contributed by atoms with E-state index in [9.17, 15) is 9.59 Å². The zero-order valence-corrected chi connectivity index (χ0v) is 12.4. The van der Waals surface area contributed by atoms with Crippen LogP contribution in [0.25, 0.3) is 0 Å². The van der Waals surface area contributed by atoms with Gasteiger partial charge in [-0.05, 0) is 25.8 Å². The first kappa shape index (κ1) is 15.4. The van der Waals surface area contributed by atoms with Crippen LogP contribution in [0.4, 0.5) is 0 Å². The lowest BCUT2D eigenvalue weighted by Gasteiger charge is -2.36. The molecule has 21 heavy (non-hydrogen) atoms. The zero-order valence-electron chi connectivity index (χ0n) is 12.4. The summed E-state index contributed by atoms with van der Waals surface area (Å²) in [4.78, 5) is 24.4. The highest BCUT2D eigenvalue weighted by atomic mass is 16.5. The van der Waals surface area contributed by atoms with Gasteiger partial charge in [-0.25, -0.2) is 0 Å². The van der Waals surface area contributed by atoms with Gasteiger partial charge in [0.25, 0.3) is 5.91 Å². The van der Waals surface area contributed by atoms with Crippen molar-refractivity contribution in [3.63, 3.8) is 0 Å². The fourth-order valence-corrected chi connectivity index (χ4v) is 2.74. The van der Waals surface area contributed by atoms with Gasteiger partial charge in [-0.3, -0.25) is 9.59 Å². The molecule has 2 atom stereocenters. The number of Topliss-reactive ketones (excluding diaryl/α,β-unsaturated/α-hetero) is 1. The summed E-state index contributed by atoms with van der Waals surface area (Å²) in [7, 11) is 0. The van der Waals surface area contributed by atoms with E-state index >= 15 is 0 Å². The van der Waals surface area contributed by atoms with Crippen LogP contribution in [-0.2, 0) is 14.3 Å². The van der Waals surface area contributed by atoms with Gasteiger partial charge in [-0.2, -0.15) is 0 Å². The number of ether oxygens (including phenoxy) is 1. The van der Waals surface area contributed by atoms with Crippen molar-refractivity contribution in [2.75, 3.05) is 0 Å². The number of ketones is 1. The molecule has 2 aliphatic rings. The number of hydrogen-bond acceptors (Lipinski definition) is 3. The molecule has 2 fully saturated rings. The summed E-state index contributed by atoms with van der Waals surface area (Å²) in [5.41, 5.74) is -0.0632. The average Bonchev–Trinajstić information content (AvgIpc) is 2.67. The number of carbonyl (C=O) groups is 2. The van der Waals surface area contributed by atoms with Crippen molar-refractivity contribution < 1.29 is 14.3 Å². The fourth-order valence-electron chi connectivity index (χ4n) is 2.74. The van der Waals surface area contributed by atoms with Crippen LogP contribution in [0.2, 0.25) is 0 Å². The van der Waals surface area contributed by atoms with Gasteiger partial charge in [0.15, 0.2) is 5.60 Å². The lowest BCUT2D eigenvalue weighted by atomic mass is 9.84. The molecule has 4 heteroatoms. The van der Waals surface area contributed by atoms with Crippen LogP contribution in [0.3, 0.4) is 0 Å². The predicted molar refractivity (Wildman–Crippen MR) is 81.5 cm³/mol. The maximum Gasteiger partial charge on any atom is 0.261 e. The first-order valence-corrected chi connectivity index (χ1v) is 7.18. The summed E-state index contributed by atoms with van der Waals surface area (Å²) in [5.74, 6) is -0.251. The minimum atomic E-state index is -1.23. The van der Waals surface area contributed by atoms with E-state index in [1.165, 1.54) is 0 Å². The zero-order chi connectivity index (χ0) is 15.5. The molecular formula is C17H21NO3. The Labute approximate surface area is 125 Å². The number of hydrogen-bond donors (Lipinski definition) is 1. The summed E-state index contributed by atoms with van der Waals surface area (Å²) in [6, 6.07) is 0. The Bertz CT molecular complexity index is 544. The minimum Gasteiger partial charge on any atom is -0.356 e. The maximum absolute atomic E-state index is 12.4. The molecule has 2 rings (SSSR count). The van der Waals surface area contributed by atoms with Crippen molar-refractivity contribution in [3.8, 4) is 0 Å². The number of carbonyl (C=O) groups excluding carboxylic acids is 2. The molecule has 0 aliphatic carbocycles. The van der Waals surface area contributed by atoms with Crippen LogP contribution in [0.1, 0.15) is 32.6 Å². The molecule has 0 aromatic heterocycles. The quantitative estimate of drug-likeness (QED) is 0.809. The fraction of sp³-hybridized carbons (Fsp3) is 0.412. The second kappa shape index (κ2) is 6.22. The Hall–Kier alpha value is -1.94. The second-order valence-corrected chi connectivity index (χ2v) is 5.39. The Balaban J connectivity index is 2.27. The van der Waals surface area contributed by atoms with Gasteiger partial charge in [0.1, 0.15) is 5.78 Å². The van der Waals surface area contributed by atoms with Gasteiger partial charge in [0, 0.05) is 24.1 Å². The third-order valence-corrected chi connectivity index (χ3v) is 3.84. The number of rotatable bonds is 4. The van der Waals surface area contributed by atoms with Crippen molar-refractivity contribution in [1.29, 1.82) is 0 Å². The van der Waals surface area contributed by atoms with E-state index in [1.54, 1.807) is 12.2 Å². The first-order valence-electron chi connectivity index (χ1n) is 7.18. The van der Waals surface area contributed by atoms with Gasteiger partial charge in [0.2, 0.25) is 0 Å². The van der Waals surface area contributed by atoms with Crippen LogP contribution in [0.15, 0.2) is 48.7 Å². The first-order chi connectivity index (χ1) is 10.0. The molecular weight excluding hydrogens is 266 g/mol. The SMILES string of the molecule is C=CCCC1CC(=O)CC2(O1)C(=C)C(=CC=CC)NC2=O. The van der Waals surface area contributed by atoms with E-state index < -0.39 is 5.60 Å². The molecule has 4 nitrogen and oxygen atoms in total. The Morgan fingerprint density at radius 2 is 2.24 bits per heavy atom. The summed E-state index contributed by atoms with van der Waals surface area (Å²) in [5, 5.41) is 2.77. The molecule has 1 N–H and O–H groups in total. The summed E-state index contributed by atoms with van der Waals surface area (Å²) >= 11 is 0. The Morgan fingerprint density at radius 1 is 1.48 bits per heavy atom. The Morgan fingerprint density at radius 3 is 2.90 bits per heavy atom. The van der Waals surface area contributed by atoms with Gasteiger partial charge in [0.05, 0.1) is 6.10 Å². The average molecular weight is 287 g/mol. The van der Waals surface area contributed by atoms with Gasteiger partial charge < -0.3 is 10.1 Å². The summed E-state index contributed by atoms with van der Waals surface area (Å²) in [6.45, 7) is 9.54. The van der Waals surface area contributed by atoms with E-state index in [1.807, 2.05) is 19.1 Å². The van der Waals surface area contributed by atoms with Crippen LogP contribution in [-0.4, -0.2) is 23.4 Å². The molecule has 2 unspecified atom stereocenters. The largest absolute Gasteiger partial charge is 0.356 e. The second-order valence-electron chi connectivity index (χ2n) is 5.39.